The number of hydrogen-bond acceptors (Lipinski definition) is 2. The zero-order valence-corrected chi connectivity index (χ0v) is 18.1. The minimum absolute atomic E-state index is 0.0445. The first kappa shape index (κ1) is 20.6. The van der Waals surface area contributed by atoms with Crippen molar-refractivity contribution in [3.8, 4) is 33.9 Å². The van der Waals surface area contributed by atoms with Crippen molar-refractivity contribution in [1.82, 2.24) is 14.5 Å². The molecule has 0 amide bonds. The summed E-state index contributed by atoms with van der Waals surface area (Å²) in [6.45, 7) is 0.607. The topological polar surface area (TPSA) is 30.7 Å². The molecule has 7 heteroatoms. The maximum atomic E-state index is 14.1. The molecule has 0 atom stereocenters. The van der Waals surface area contributed by atoms with Crippen LogP contribution in [0.1, 0.15) is 5.56 Å². The number of hydrogen-bond donors (Lipinski definition) is 0. The van der Waals surface area contributed by atoms with Gasteiger partial charge in [0.05, 0.1) is 21.3 Å². The van der Waals surface area contributed by atoms with Crippen LogP contribution in [0.15, 0.2) is 79.1 Å². The van der Waals surface area contributed by atoms with Crippen molar-refractivity contribution in [2.24, 2.45) is 0 Å². The van der Waals surface area contributed by atoms with E-state index in [9.17, 15) is 8.78 Å². The van der Waals surface area contributed by atoms with Gasteiger partial charge >= 0.3 is 0 Å². The average Bonchev–Trinajstić information content (AvgIpc) is 3.21. The monoisotopic (exact) mass is 465 g/mol. The van der Waals surface area contributed by atoms with Crippen molar-refractivity contribution >= 4 is 23.2 Å². The van der Waals surface area contributed by atoms with Crippen LogP contribution in [0.25, 0.3) is 33.9 Å². The van der Waals surface area contributed by atoms with Gasteiger partial charge < -0.3 is 4.57 Å². The lowest BCUT2D eigenvalue weighted by atomic mass is 10.0. The molecule has 32 heavy (non-hydrogen) atoms. The minimum Gasteiger partial charge on any atom is -0.348 e. The van der Waals surface area contributed by atoms with E-state index in [1.54, 1.807) is 6.07 Å². The number of benzene rings is 3. The van der Waals surface area contributed by atoms with E-state index in [2.05, 4.69) is 9.97 Å². The van der Waals surface area contributed by atoms with Gasteiger partial charge in [-0.05, 0) is 35.4 Å². The normalized spacial score (nSPS) is 11.2. The third-order valence-corrected chi connectivity index (χ3v) is 6.02. The lowest BCUT2D eigenvalue weighted by Crippen LogP contribution is -2.00. The average molecular weight is 466 g/mol. The summed E-state index contributed by atoms with van der Waals surface area (Å²) >= 11 is 12.4. The lowest BCUT2D eigenvalue weighted by molar-refractivity contribution is 0.510. The molecule has 5 rings (SSSR count). The summed E-state index contributed by atoms with van der Waals surface area (Å²) in [7, 11) is 0. The van der Waals surface area contributed by atoms with Gasteiger partial charge in [-0.2, -0.15) is 0 Å². The first-order valence-electron chi connectivity index (χ1n) is 9.81. The maximum Gasteiger partial charge on any atom is 0.169 e. The molecule has 0 aromatic heterocycles. The molecule has 0 saturated carbocycles. The molecule has 3 nitrogen and oxygen atoms in total. The first-order chi connectivity index (χ1) is 15.5. The van der Waals surface area contributed by atoms with Gasteiger partial charge in [-0.3, -0.25) is 0 Å². The number of rotatable bonds is 4. The number of halogens is 4. The third-order valence-electron chi connectivity index (χ3n) is 5.20. The molecule has 0 unspecified atom stereocenters. The Kier molecular flexibility index (Phi) is 5.37. The van der Waals surface area contributed by atoms with E-state index in [-0.39, 0.29) is 11.4 Å². The van der Waals surface area contributed by atoms with Crippen LogP contribution in [0.5, 0.6) is 0 Å². The molecule has 0 spiro atoms. The Morgan fingerprint density at radius 1 is 0.781 bits per heavy atom. The summed E-state index contributed by atoms with van der Waals surface area (Å²) in [5, 5.41) is 1.05. The van der Waals surface area contributed by atoms with Gasteiger partial charge in [0.2, 0.25) is 0 Å². The highest BCUT2D eigenvalue weighted by Crippen LogP contribution is 2.33. The van der Waals surface area contributed by atoms with Crippen molar-refractivity contribution in [3.63, 3.8) is 0 Å². The van der Waals surface area contributed by atoms with Crippen LogP contribution in [0.2, 0.25) is 10.0 Å². The quantitative estimate of drug-likeness (QED) is 0.277. The Hall–Kier alpha value is -3.28. The van der Waals surface area contributed by atoms with Crippen LogP contribution in [0.4, 0.5) is 8.78 Å². The highest BCUT2D eigenvalue weighted by Gasteiger charge is 2.17. The van der Waals surface area contributed by atoms with Gasteiger partial charge in [-0.15, -0.1) is 0 Å². The van der Waals surface area contributed by atoms with E-state index in [1.807, 2.05) is 59.4 Å². The number of imidazole rings is 1. The van der Waals surface area contributed by atoms with Gasteiger partial charge in [0.15, 0.2) is 17.5 Å². The Morgan fingerprint density at radius 3 is 2.31 bits per heavy atom. The zero-order valence-electron chi connectivity index (χ0n) is 16.6. The Bertz CT molecular complexity index is 1400. The molecule has 2 aliphatic heterocycles. The maximum absolute atomic E-state index is 14.1. The lowest BCUT2D eigenvalue weighted by Gasteiger charge is -2.10. The molecule has 0 fully saturated rings. The molecule has 0 N–H and O–H groups in total. The molecule has 2 aliphatic rings. The second-order valence-electron chi connectivity index (χ2n) is 7.33. The molecule has 3 aromatic carbocycles. The second kappa shape index (κ2) is 8.34. The predicted molar refractivity (Wildman–Crippen MR) is 123 cm³/mol. The number of nitrogens with zero attached hydrogens (tertiary/aromatic N) is 3. The van der Waals surface area contributed by atoms with E-state index in [1.165, 1.54) is 12.1 Å². The van der Waals surface area contributed by atoms with Gasteiger partial charge in [-0.1, -0.05) is 65.7 Å². The van der Waals surface area contributed by atoms with Crippen LogP contribution < -0.4 is 0 Å². The first-order valence-corrected chi connectivity index (χ1v) is 10.6. The summed E-state index contributed by atoms with van der Waals surface area (Å²) < 4.78 is 29.6. The highest BCUT2D eigenvalue weighted by molar-refractivity contribution is 6.43. The number of aromatic nitrogens is 3. The third kappa shape index (κ3) is 3.85. The molecule has 158 valence electrons. The van der Waals surface area contributed by atoms with Crippen LogP contribution in [0.3, 0.4) is 0 Å². The fraction of sp³-hybridized carbons (Fsp3) is 0.0400. The van der Waals surface area contributed by atoms with E-state index in [4.69, 9.17) is 23.2 Å². The van der Waals surface area contributed by atoms with Gasteiger partial charge in [0, 0.05) is 24.5 Å². The number of pyridine rings is 1. The molecule has 0 saturated heterocycles. The molecule has 3 aromatic rings. The standard InChI is InChI=1S/C25H15Cl2F2N3/c26-19-5-1-3-17(23(19)27)16-9-7-15(8-10-16)13-32-12-11-21-22(14-32)31-25(30-21)18-4-2-6-20(28)24(18)29/h1-12,14H,13H2. The van der Waals surface area contributed by atoms with Crippen LogP contribution in [-0.4, -0.2) is 14.5 Å². The molecular weight excluding hydrogens is 451 g/mol. The van der Waals surface area contributed by atoms with E-state index in [0.717, 1.165) is 22.8 Å². The molecule has 2 heterocycles. The van der Waals surface area contributed by atoms with Crippen molar-refractivity contribution in [3.05, 3.63) is 106 Å². The fourth-order valence-corrected chi connectivity index (χ4v) is 3.98. The predicted octanol–water partition coefficient (Wildman–Crippen LogP) is 7.35. The summed E-state index contributed by atoms with van der Waals surface area (Å²) in [5.41, 5.74) is 4.20. The van der Waals surface area contributed by atoms with Crippen molar-refractivity contribution in [2.45, 2.75) is 6.54 Å². The summed E-state index contributed by atoms with van der Waals surface area (Å²) in [6, 6.07) is 19.4. The second-order valence-corrected chi connectivity index (χ2v) is 8.12. The van der Waals surface area contributed by atoms with Crippen molar-refractivity contribution in [2.75, 3.05) is 0 Å². The minimum atomic E-state index is -0.949. The Balaban J connectivity index is 1.40. The molecule has 0 aliphatic carbocycles. The SMILES string of the molecule is Fc1cccc(-c2nc3ccn(Cc4ccc(-c5cccc(Cl)c5Cl)cc4)cc-3n2)c1F. The summed E-state index contributed by atoms with van der Waals surface area (Å²) in [6.07, 6.45) is 3.72. The van der Waals surface area contributed by atoms with Crippen LogP contribution in [-0.2, 0) is 6.54 Å². The molecular formula is C25H15Cl2F2N3. The Labute approximate surface area is 193 Å². The van der Waals surface area contributed by atoms with E-state index in [0.29, 0.717) is 28.0 Å². The molecule has 0 radical (unpaired) electrons. The Morgan fingerprint density at radius 2 is 1.50 bits per heavy atom. The van der Waals surface area contributed by atoms with E-state index < -0.39 is 11.6 Å². The van der Waals surface area contributed by atoms with Crippen molar-refractivity contribution in [1.29, 1.82) is 0 Å². The fourth-order valence-electron chi connectivity index (χ4n) is 3.57. The summed E-state index contributed by atoms with van der Waals surface area (Å²) in [5.74, 6) is -1.71. The van der Waals surface area contributed by atoms with E-state index >= 15 is 0 Å². The van der Waals surface area contributed by atoms with Gasteiger partial charge in [0.25, 0.3) is 0 Å². The van der Waals surface area contributed by atoms with Crippen LogP contribution in [0, 0.1) is 11.6 Å². The van der Waals surface area contributed by atoms with Crippen molar-refractivity contribution < 1.29 is 8.78 Å². The molecule has 0 bridgehead atoms. The van der Waals surface area contributed by atoms with Gasteiger partial charge in [0.1, 0.15) is 5.69 Å². The highest BCUT2D eigenvalue weighted by atomic mass is 35.5. The van der Waals surface area contributed by atoms with Gasteiger partial charge in [-0.25, -0.2) is 18.7 Å². The van der Waals surface area contributed by atoms with Crippen LogP contribution >= 0.6 is 23.2 Å². The zero-order chi connectivity index (χ0) is 22.2. The smallest absolute Gasteiger partial charge is 0.169 e. The largest absolute Gasteiger partial charge is 0.348 e. The summed E-state index contributed by atoms with van der Waals surface area (Å²) in [4.78, 5) is 8.73. The number of fused-ring (bicyclic) bond motifs is 1.